The van der Waals surface area contributed by atoms with Gasteiger partial charge in [0.2, 0.25) is 0 Å². The Labute approximate surface area is 376 Å². The van der Waals surface area contributed by atoms with E-state index in [1.54, 1.807) is 0 Å². The van der Waals surface area contributed by atoms with Crippen LogP contribution in [0, 0.1) is 0 Å². The van der Waals surface area contributed by atoms with E-state index >= 15 is 0 Å². The molecule has 350 valence electrons. The summed E-state index contributed by atoms with van der Waals surface area (Å²) in [5.74, 6) is -0.915. The maximum absolute atomic E-state index is 12.7. The first-order valence-electron chi connectivity index (χ1n) is 25.4. The second-order valence-electron chi connectivity index (χ2n) is 16.7. The molecule has 0 aromatic carbocycles. The highest BCUT2D eigenvalue weighted by atomic mass is 16.6. The molecule has 0 fully saturated rings. The third-order valence-electron chi connectivity index (χ3n) is 10.7. The number of allylic oxidation sites excluding steroid dienone is 12. The van der Waals surface area contributed by atoms with Gasteiger partial charge in [-0.15, -0.1) is 0 Å². The summed E-state index contributed by atoms with van der Waals surface area (Å²) in [6.07, 6.45) is 62.1. The Kier molecular flexibility index (Phi) is 46.9. The highest BCUT2D eigenvalue weighted by Gasteiger charge is 2.19. The van der Waals surface area contributed by atoms with Crippen LogP contribution < -0.4 is 0 Å². The monoisotopic (exact) mass is 851 g/mol. The van der Waals surface area contributed by atoms with Gasteiger partial charge in [0.25, 0.3) is 0 Å². The molecule has 6 nitrogen and oxygen atoms in total. The quantitative estimate of drug-likeness (QED) is 0.0263. The molecular weight excluding hydrogens is 757 g/mol. The summed E-state index contributed by atoms with van der Waals surface area (Å²) in [6, 6.07) is 0. The van der Waals surface area contributed by atoms with Gasteiger partial charge in [-0.1, -0.05) is 203 Å². The minimum atomic E-state index is -0.779. The van der Waals surface area contributed by atoms with Crippen LogP contribution in [0.5, 0.6) is 0 Å². The number of carbonyl (C=O) groups is 3. The molecule has 0 aliphatic carbocycles. The summed E-state index contributed by atoms with van der Waals surface area (Å²) in [4.78, 5) is 37.6. The van der Waals surface area contributed by atoms with Crippen molar-refractivity contribution in [3.63, 3.8) is 0 Å². The van der Waals surface area contributed by atoms with E-state index in [-0.39, 0.29) is 31.1 Å². The van der Waals surface area contributed by atoms with Gasteiger partial charge in [-0.25, -0.2) is 0 Å². The molecule has 0 bridgehead atoms. The Hall–Kier alpha value is -3.15. The number of unbranched alkanes of at least 4 members (excludes halogenated alkanes) is 22. The molecule has 0 N–H and O–H groups in total. The summed E-state index contributed by atoms with van der Waals surface area (Å²) in [6.45, 7) is 6.40. The van der Waals surface area contributed by atoms with Gasteiger partial charge < -0.3 is 14.2 Å². The van der Waals surface area contributed by atoms with Crippen molar-refractivity contribution in [2.75, 3.05) is 13.2 Å². The first-order chi connectivity index (χ1) is 30.0. The molecule has 0 rings (SSSR count). The lowest BCUT2D eigenvalue weighted by atomic mass is 10.1. The standard InChI is InChI=1S/C55H94O6/c1-4-7-10-13-15-17-19-21-23-24-25-26-27-28-29-30-32-33-35-37-39-42-45-48-54(57)60-51-52(50-59-53(56)47-44-41-12-9-6-3)61-55(58)49-46-43-40-38-36-34-31-22-20-18-16-14-11-8-5-2/h7,10,15-18,21-23,25-26,31,52H,4-6,8-9,11-14,19-20,24,27-30,32-51H2,1-3H3/b10-7-,17-15-,18-16-,23-21-,26-25-,31-22-. The molecule has 0 aromatic rings. The van der Waals surface area contributed by atoms with E-state index in [4.69, 9.17) is 14.2 Å². The topological polar surface area (TPSA) is 78.9 Å². The number of ether oxygens (including phenoxy) is 3. The van der Waals surface area contributed by atoms with Crippen molar-refractivity contribution in [2.45, 2.75) is 245 Å². The molecule has 0 amide bonds. The molecule has 61 heavy (non-hydrogen) atoms. The number of rotatable bonds is 45. The first kappa shape index (κ1) is 57.9. The Morgan fingerprint density at radius 1 is 0.344 bits per heavy atom. The molecule has 0 spiro atoms. The minimum absolute atomic E-state index is 0.0831. The third-order valence-corrected chi connectivity index (χ3v) is 10.7. The zero-order chi connectivity index (χ0) is 44.4. The van der Waals surface area contributed by atoms with E-state index in [0.29, 0.717) is 19.3 Å². The van der Waals surface area contributed by atoms with Crippen LogP contribution in [0.4, 0.5) is 0 Å². The summed E-state index contributed by atoms with van der Waals surface area (Å²) in [7, 11) is 0. The Balaban J connectivity index is 4.15. The molecule has 0 saturated heterocycles. The van der Waals surface area contributed by atoms with Crippen molar-refractivity contribution in [1.82, 2.24) is 0 Å². The lowest BCUT2D eigenvalue weighted by Gasteiger charge is -2.18. The zero-order valence-corrected chi connectivity index (χ0v) is 39.9. The van der Waals surface area contributed by atoms with Crippen molar-refractivity contribution >= 4 is 17.9 Å². The molecule has 0 aliphatic heterocycles. The molecule has 0 radical (unpaired) electrons. The summed E-state index contributed by atoms with van der Waals surface area (Å²) in [5, 5.41) is 0. The van der Waals surface area contributed by atoms with Crippen molar-refractivity contribution in [3.05, 3.63) is 72.9 Å². The number of esters is 3. The average molecular weight is 851 g/mol. The van der Waals surface area contributed by atoms with Crippen molar-refractivity contribution in [1.29, 1.82) is 0 Å². The van der Waals surface area contributed by atoms with Gasteiger partial charge in [0.1, 0.15) is 13.2 Å². The van der Waals surface area contributed by atoms with Crippen LogP contribution in [0.25, 0.3) is 0 Å². The number of carbonyl (C=O) groups excluding carboxylic acids is 3. The Morgan fingerprint density at radius 3 is 1.03 bits per heavy atom. The average Bonchev–Trinajstić information content (AvgIpc) is 3.26. The molecule has 6 heteroatoms. The maximum atomic E-state index is 12.7. The summed E-state index contributed by atoms with van der Waals surface area (Å²) >= 11 is 0. The van der Waals surface area contributed by atoms with Crippen molar-refractivity contribution in [2.24, 2.45) is 0 Å². The van der Waals surface area contributed by atoms with Gasteiger partial charge >= 0.3 is 17.9 Å². The molecule has 1 atom stereocenters. The first-order valence-corrected chi connectivity index (χ1v) is 25.4. The van der Waals surface area contributed by atoms with Crippen molar-refractivity contribution in [3.8, 4) is 0 Å². The smallest absolute Gasteiger partial charge is 0.306 e. The van der Waals surface area contributed by atoms with Gasteiger partial charge in [-0.05, 0) is 89.9 Å². The lowest BCUT2D eigenvalue weighted by Crippen LogP contribution is -2.30. The van der Waals surface area contributed by atoms with Gasteiger partial charge in [-0.2, -0.15) is 0 Å². The van der Waals surface area contributed by atoms with Crippen LogP contribution in [0.1, 0.15) is 239 Å². The van der Waals surface area contributed by atoms with Crippen LogP contribution >= 0.6 is 0 Å². The second-order valence-corrected chi connectivity index (χ2v) is 16.7. The molecule has 0 aromatic heterocycles. The highest BCUT2D eigenvalue weighted by Crippen LogP contribution is 2.14. The summed E-state index contributed by atoms with van der Waals surface area (Å²) in [5.41, 5.74) is 0. The summed E-state index contributed by atoms with van der Waals surface area (Å²) < 4.78 is 16.6. The SMILES string of the molecule is CC/C=C\C/C=C\C/C=C\C/C=C\CCCCCCCCCCCCC(=O)OCC(COC(=O)CCCCCCC)OC(=O)CCCCCCC/C=C\C/C=C\CCCCC. The maximum Gasteiger partial charge on any atom is 0.306 e. The van der Waals surface area contributed by atoms with E-state index in [0.717, 1.165) is 116 Å². The van der Waals surface area contributed by atoms with E-state index in [2.05, 4.69) is 93.7 Å². The van der Waals surface area contributed by atoms with Crippen molar-refractivity contribution < 1.29 is 28.6 Å². The number of hydrogen-bond donors (Lipinski definition) is 0. The highest BCUT2D eigenvalue weighted by molar-refractivity contribution is 5.71. The van der Waals surface area contributed by atoms with Gasteiger partial charge in [-0.3, -0.25) is 14.4 Å². The molecule has 0 aliphatic rings. The fraction of sp³-hybridized carbons (Fsp3) is 0.727. The van der Waals surface area contributed by atoms with Gasteiger partial charge in [0.05, 0.1) is 0 Å². The molecule has 1 unspecified atom stereocenters. The van der Waals surface area contributed by atoms with Gasteiger partial charge in [0.15, 0.2) is 6.10 Å². The zero-order valence-electron chi connectivity index (χ0n) is 39.9. The fourth-order valence-corrected chi connectivity index (χ4v) is 6.87. The van der Waals surface area contributed by atoms with E-state index in [1.807, 2.05) is 0 Å². The fourth-order valence-electron chi connectivity index (χ4n) is 6.87. The Bertz CT molecular complexity index is 1160. The van der Waals surface area contributed by atoms with Crippen LogP contribution in [0.3, 0.4) is 0 Å². The third kappa shape index (κ3) is 47.7. The molecule has 0 heterocycles. The van der Waals surface area contributed by atoms with Gasteiger partial charge in [0, 0.05) is 19.3 Å². The molecule has 0 saturated carbocycles. The van der Waals surface area contributed by atoms with Crippen LogP contribution in [-0.4, -0.2) is 37.2 Å². The second kappa shape index (κ2) is 49.5. The van der Waals surface area contributed by atoms with Crippen LogP contribution in [0.2, 0.25) is 0 Å². The normalized spacial score (nSPS) is 12.6. The van der Waals surface area contributed by atoms with Crippen LogP contribution in [-0.2, 0) is 28.6 Å². The largest absolute Gasteiger partial charge is 0.462 e. The predicted molar refractivity (Wildman–Crippen MR) is 261 cm³/mol. The molecular formula is C55H94O6. The minimum Gasteiger partial charge on any atom is -0.462 e. The van der Waals surface area contributed by atoms with E-state index in [1.165, 1.54) is 83.5 Å². The number of hydrogen-bond acceptors (Lipinski definition) is 6. The van der Waals surface area contributed by atoms with E-state index in [9.17, 15) is 14.4 Å². The van der Waals surface area contributed by atoms with Crippen LogP contribution in [0.15, 0.2) is 72.9 Å². The predicted octanol–water partition coefficient (Wildman–Crippen LogP) is 16.6. The Morgan fingerprint density at radius 2 is 0.639 bits per heavy atom. The van der Waals surface area contributed by atoms with E-state index < -0.39 is 6.10 Å². The lowest BCUT2D eigenvalue weighted by molar-refractivity contribution is -0.167.